The highest BCUT2D eigenvalue weighted by atomic mass is 35.5. The van der Waals surface area contributed by atoms with Crippen LogP contribution in [0.25, 0.3) is 0 Å². The molecule has 0 amide bonds. The van der Waals surface area contributed by atoms with Gasteiger partial charge in [-0.15, -0.1) is 0 Å². The topological polar surface area (TPSA) is 12.0 Å². The van der Waals surface area contributed by atoms with Gasteiger partial charge < -0.3 is 5.32 Å². The second-order valence-corrected chi connectivity index (χ2v) is 4.48. The van der Waals surface area contributed by atoms with Gasteiger partial charge in [-0.3, -0.25) is 0 Å². The van der Waals surface area contributed by atoms with Crippen LogP contribution in [0, 0.1) is 11.6 Å². The van der Waals surface area contributed by atoms with Crippen LogP contribution in [0.2, 0.25) is 10.0 Å². The molecule has 0 aliphatic carbocycles. The molecule has 0 bridgehead atoms. The van der Waals surface area contributed by atoms with Crippen LogP contribution in [-0.2, 0) is 6.54 Å². The Bertz CT molecular complexity index is 573. The fourth-order valence-corrected chi connectivity index (χ4v) is 1.86. The molecular formula is C13H9Cl2F2N. The van der Waals surface area contributed by atoms with E-state index in [1.165, 1.54) is 18.2 Å². The average Bonchev–Trinajstić information content (AvgIpc) is 2.35. The van der Waals surface area contributed by atoms with E-state index in [-0.39, 0.29) is 10.0 Å². The van der Waals surface area contributed by atoms with E-state index < -0.39 is 11.6 Å². The normalized spacial score (nSPS) is 10.4. The van der Waals surface area contributed by atoms with Crippen LogP contribution in [0.15, 0.2) is 36.4 Å². The van der Waals surface area contributed by atoms with Crippen molar-refractivity contribution in [3.63, 3.8) is 0 Å². The van der Waals surface area contributed by atoms with Crippen LogP contribution in [0.3, 0.4) is 0 Å². The van der Waals surface area contributed by atoms with E-state index in [1.54, 1.807) is 18.2 Å². The minimum absolute atomic E-state index is 0.0327. The van der Waals surface area contributed by atoms with Gasteiger partial charge in [-0.25, -0.2) is 8.78 Å². The molecule has 0 radical (unpaired) electrons. The number of rotatable bonds is 3. The van der Waals surface area contributed by atoms with Gasteiger partial charge >= 0.3 is 0 Å². The first kappa shape index (κ1) is 13.1. The van der Waals surface area contributed by atoms with Crippen molar-refractivity contribution in [3.8, 4) is 0 Å². The molecule has 0 spiro atoms. The molecule has 94 valence electrons. The van der Waals surface area contributed by atoms with Gasteiger partial charge in [0.15, 0.2) is 0 Å². The highest BCUT2D eigenvalue weighted by Crippen LogP contribution is 2.23. The maximum absolute atomic E-state index is 13.2. The predicted octanol–water partition coefficient (Wildman–Crippen LogP) is 4.88. The molecular weight excluding hydrogens is 279 g/mol. The molecule has 0 fully saturated rings. The predicted molar refractivity (Wildman–Crippen MR) is 70.1 cm³/mol. The van der Waals surface area contributed by atoms with Gasteiger partial charge in [0.1, 0.15) is 11.6 Å². The minimum Gasteiger partial charge on any atom is -0.381 e. The van der Waals surface area contributed by atoms with Crippen molar-refractivity contribution in [1.82, 2.24) is 0 Å². The van der Waals surface area contributed by atoms with Gasteiger partial charge in [0, 0.05) is 12.2 Å². The summed E-state index contributed by atoms with van der Waals surface area (Å²) >= 11 is 11.5. The van der Waals surface area contributed by atoms with Gasteiger partial charge in [-0.1, -0.05) is 35.3 Å². The third-order valence-corrected chi connectivity index (χ3v) is 3.15. The van der Waals surface area contributed by atoms with Crippen molar-refractivity contribution in [1.29, 1.82) is 0 Å². The maximum atomic E-state index is 13.2. The first-order valence-corrected chi connectivity index (χ1v) is 5.95. The fraction of sp³-hybridized carbons (Fsp3) is 0.0769. The maximum Gasteiger partial charge on any atom is 0.142 e. The van der Waals surface area contributed by atoms with Crippen LogP contribution in [0.4, 0.5) is 14.5 Å². The number of anilines is 1. The Morgan fingerprint density at radius 2 is 1.78 bits per heavy atom. The molecule has 18 heavy (non-hydrogen) atoms. The lowest BCUT2D eigenvalue weighted by Crippen LogP contribution is -2.01. The number of hydrogen-bond donors (Lipinski definition) is 1. The van der Waals surface area contributed by atoms with Crippen molar-refractivity contribution in [2.75, 3.05) is 5.32 Å². The molecule has 0 aliphatic heterocycles. The standard InChI is InChI=1S/C13H9Cl2F2N/c14-10-6-9(4-5-11(10)16)18-7-8-2-1-3-12(17)13(8)15/h1-6,18H,7H2. The molecule has 0 aromatic heterocycles. The summed E-state index contributed by atoms with van der Waals surface area (Å²) in [7, 11) is 0. The van der Waals surface area contributed by atoms with Crippen molar-refractivity contribution >= 4 is 28.9 Å². The molecule has 2 rings (SSSR count). The summed E-state index contributed by atoms with van der Waals surface area (Å²) in [5, 5.41) is 3.11. The SMILES string of the molecule is Fc1ccc(NCc2cccc(F)c2Cl)cc1Cl. The van der Waals surface area contributed by atoms with E-state index in [1.807, 2.05) is 0 Å². The highest BCUT2D eigenvalue weighted by molar-refractivity contribution is 6.31. The molecule has 5 heteroatoms. The van der Waals surface area contributed by atoms with Gasteiger partial charge in [-0.05, 0) is 29.8 Å². The monoisotopic (exact) mass is 287 g/mol. The molecule has 0 heterocycles. The Hall–Kier alpha value is -1.32. The number of halogens is 4. The molecule has 0 unspecified atom stereocenters. The van der Waals surface area contributed by atoms with E-state index in [0.717, 1.165) is 0 Å². The second-order valence-electron chi connectivity index (χ2n) is 3.70. The van der Waals surface area contributed by atoms with Crippen molar-refractivity contribution in [2.24, 2.45) is 0 Å². The van der Waals surface area contributed by atoms with E-state index in [4.69, 9.17) is 23.2 Å². The molecule has 2 aromatic carbocycles. The Labute approximate surface area is 113 Å². The number of benzene rings is 2. The van der Waals surface area contributed by atoms with Crippen molar-refractivity contribution in [2.45, 2.75) is 6.54 Å². The fourth-order valence-electron chi connectivity index (χ4n) is 1.49. The largest absolute Gasteiger partial charge is 0.381 e. The summed E-state index contributed by atoms with van der Waals surface area (Å²) < 4.78 is 26.1. The van der Waals surface area contributed by atoms with E-state index in [0.29, 0.717) is 17.8 Å². The molecule has 1 N–H and O–H groups in total. The molecule has 0 aliphatic rings. The van der Waals surface area contributed by atoms with E-state index >= 15 is 0 Å². The number of hydrogen-bond acceptors (Lipinski definition) is 1. The lowest BCUT2D eigenvalue weighted by Gasteiger charge is -2.09. The lowest BCUT2D eigenvalue weighted by molar-refractivity contribution is 0.626. The van der Waals surface area contributed by atoms with Gasteiger partial charge in [0.2, 0.25) is 0 Å². The zero-order valence-electron chi connectivity index (χ0n) is 9.18. The van der Waals surface area contributed by atoms with Gasteiger partial charge in [0.05, 0.1) is 10.0 Å². The Kier molecular flexibility index (Phi) is 4.04. The summed E-state index contributed by atoms with van der Waals surface area (Å²) in [6.07, 6.45) is 0. The zero-order valence-corrected chi connectivity index (χ0v) is 10.7. The van der Waals surface area contributed by atoms with Crippen molar-refractivity contribution in [3.05, 3.63) is 63.6 Å². The van der Waals surface area contributed by atoms with Crippen LogP contribution in [0.1, 0.15) is 5.56 Å². The third-order valence-electron chi connectivity index (χ3n) is 2.43. The molecule has 2 aromatic rings. The summed E-state index contributed by atoms with van der Waals surface area (Å²) in [6, 6.07) is 8.86. The summed E-state index contributed by atoms with van der Waals surface area (Å²) in [4.78, 5) is 0. The minimum atomic E-state index is -0.481. The summed E-state index contributed by atoms with van der Waals surface area (Å²) in [5.74, 6) is -0.945. The molecule has 1 nitrogen and oxygen atoms in total. The average molecular weight is 288 g/mol. The van der Waals surface area contributed by atoms with Crippen LogP contribution >= 0.6 is 23.2 Å². The zero-order chi connectivity index (χ0) is 13.1. The second kappa shape index (κ2) is 5.55. The first-order chi connectivity index (χ1) is 8.58. The van der Waals surface area contributed by atoms with Gasteiger partial charge in [-0.2, -0.15) is 0 Å². The van der Waals surface area contributed by atoms with Crippen LogP contribution in [-0.4, -0.2) is 0 Å². The summed E-state index contributed by atoms with van der Waals surface area (Å²) in [6.45, 7) is 0.332. The molecule has 0 atom stereocenters. The Morgan fingerprint density at radius 3 is 2.50 bits per heavy atom. The quantitative estimate of drug-likeness (QED) is 0.848. The van der Waals surface area contributed by atoms with Gasteiger partial charge in [0.25, 0.3) is 0 Å². The number of nitrogens with one attached hydrogen (secondary N) is 1. The van der Waals surface area contributed by atoms with Crippen LogP contribution in [0.5, 0.6) is 0 Å². The smallest absolute Gasteiger partial charge is 0.142 e. The first-order valence-electron chi connectivity index (χ1n) is 5.20. The van der Waals surface area contributed by atoms with E-state index in [2.05, 4.69) is 5.32 Å². The lowest BCUT2D eigenvalue weighted by atomic mass is 10.2. The van der Waals surface area contributed by atoms with Crippen molar-refractivity contribution < 1.29 is 8.78 Å². The van der Waals surface area contributed by atoms with Crippen LogP contribution < -0.4 is 5.32 Å². The Balaban J connectivity index is 2.11. The highest BCUT2D eigenvalue weighted by Gasteiger charge is 2.06. The Morgan fingerprint density at radius 1 is 1.00 bits per heavy atom. The summed E-state index contributed by atoms with van der Waals surface area (Å²) in [5.41, 5.74) is 1.26. The molecule has 0 saturated carbocycles. The molecule has 0 saturated heterocycles. The third kappa shape index (κ3) is 2.92. The van der Waals surface area contributed by atoms with E-state index in [9.17, 15) is 8.78 Å².